The van der Waals surface area contributed by atoms with Crippen molar-refractivity contribution < 1.29 is 23.7 Å². The van der Waals surface area contributed by atoms with Crippen molar-refractivity contribution in [3.8, 4) is 0 Å². The minimum atomic E-state index is -0.0828. The quantitative estimate of drug-likeness (QED) is 0.0915. The van der Waals surface area contributed by atoms with Gasteiger partial charge in [0.05, 0.1) is 33.0 Å². The Bertz CT molecular complexity index is 388. The Morgan fingerprint density at radius 2 is 1.00 bits per heavy atom. The Balaban J connectivity index is 3.74. The largest absolute Gasteiger partial charge is 0.465 e. The van der Waals surface area contributed by atoms with Gasteiger partial charge in [0.2, 0.25) is 0 Å². The van der Waals surface area contributed by atoms with E-state index in [1.54, 1.807) is 0 Å². The van der Waals surface area contributed by atoms with Gasteiger partial charge in [0, 0.05) is 19.6 Å². The van der Waals surface area contributed by atoms with Gasteiger partial charge in [-0.15, -0.1) is 0 Å². The van der Waals surface area contributed by atoms with E-state index in [4.69, 9.17) is 18.9 Å². The van der Waals surface area contributed by atoms with Crippen LogP contribution in [0.2, 0.25) is 0 Å². The van der Waals surface area contributed by atoms with E-state index >= 15 is 0 Å². The van der Waals surface area contributed by atoms with E-state index in [-0.39, 0.29) is 5.97 Å². The topological polar surface area (TPSA) is 54.0 Å². The van der Waals surface area contributed by atoms with Gasteiger partial charge in [-0.1, -0.05) is 91.4 Å². The van der Waals surface area contributed by atoms with Gasteiger partial charge >= 0.3 is 5.97 Å². The monoisotopic (exact) mass is 472 g/mol. The van der Waals surface area contributed by atoms with Gasteiger partial charge in [0.25, 0.3) is 0 Å². The molecule has 0 amide bonds. The summed E-state index contributed by atoms with van der Waals surface area (Å²) in [6, 6.07) is 0. The molecule has 0 N–H and O–H groups in total. The lowest BCUT2D eigenvalue weighted by Gasteiger charge is -2.17. The van der Waals surface area contributed by atoms with Crippen LogP contribution in [-0.2, 0) is 23.7 Å². The third-order valence-corrected chi connectivity index (χ3v) is 5.97. The van der Waals surface area contributed by atoms with Crippen LogP contribution in [0, 0.1) is 5.92 Å². The summed E-state index contributed by atoms with van der Waals surface area (Å²) in [6.07, 6.45) is 18.8. The molecular weight excluding hydrogens is 416 g/mol. The molecule has 0 saturated carbocycles. The summed E-state index contributed by atoms with van der Waals surface area (Å²) < 4.78 is 22.1. The summed E-state index contributed by atoms with van der Waals surface area (Å²) in [5, 5.41) is 0. The van der Waals surface area contributed by atoms with E-state index < -0.39 is 0 Å². The average Bonchev–Trinajstić information content (AvgIpc) is 2.82. The second-order valence-corrected chi connectivity index (χ2v) is 9.25. The van der Waals surface area contributed by atoms with Crippen LogP contribution in [0.25, 0.3) is 0 Å². The zero-order valence-electron chi connectivity index (χ0n) is 22.4. The number of ether oxygens (including phenoxy) is 4. The van der Waals surface area contributed by atoms with Crippen LogP contribution < -0.4 is 0 Å². The van der Waals surface area contributed by atoms with E-state index in [0.29, 0.717) is 58.4 Å². The molecule has 0 heterocycles. The van der Waals surface area contributed by atoms with Crippen molar-refractivity contribution in [1.29, 1.82) is 0 Å². The summed E-state index contributed by atoms with van der Waals surface area (Å²) in [6.45, 7) is 11.0. The van der Waals surface area contributed by atoms with Crippen LogP contribution in [-0.4, -0.2) is 52.2 Å². The maximum atomic E-state index is 12.1. The normalized spacial score (nSPS) is 12.2. The van der Waals surface area contributed by atoms with Gasteiger partial charge in [0.1, 0.15) is 0 Å². The van der Waals surface area contributed by atoms with Crippen molar-refractivity contribution in [2.45, 2.75) is 124 Å². The number of hydrogen-bond acceptors (Lipinski definition) is 5. The summed E-state index contributed by atoms with van der Waals surface area (Å²) in [4.78, 5) is 12.1. The first kappa shape index (κ1) is 32.4. The fourth-order valence-electron chi connectivity index (χ4n) is 3.77. The lowest BCUT2D eigenvalue weighted by Crippen LogP contribution is -2.15. The van der Waals surface area contributed by atoms with Gasteiger partial charge < -0.3 is 18.9 Å². The number of carbonyl (C=O) groups excluding carboxylic acids is 1. The van der Waals surface area contributed by atoms with E-state index in [2.05, 4.69) is 20.8 Å². The van der Waals surface area contributed by atoms with Gasteiger partial charge in [-0.05, 0) is 31.6 Å². The molecule has 0 rings (SSSR count). The van der Waals surface area contributed by atoms with E-state index in [0.717, 1.165) is 19.4 Å². The maximum Gasteiger partial charge on any atom is 0.305 e. The fraction of sp³-hybridized carbons (Fsp3) is 0.964. The molecule has 0 aromatic carbocycles. The number of rotatable bonds is 27. The van der Waals surface area contributed by atoms with Crippen molar-refractivity contribution in [1.82, 2.24) is 0 Å². The van der Waals surface area contributed by atoms with Gasteiger partial charge in [-0.25, -0.2) is 0 Å². The zero-order valence-corrected chi connectivity index (χ0v) is 22.4. The molecule has 0 saturated heterocycles. The Kier molecular flexibility index (Phi) is 27.0. The first-order chi connectivity index (χ1) is 16.2. The summed E-state index contributed by atoms with van der Waals surface area (Å²) in [5.74, 6) is 0.442. The second kappa shape index (κ2) is 27.6. The molecule has 0 bridgehead atoms. The minimum absolute atomic E-state index is 0.0828. The second-order valence-electron chi connectivity index (χ2n) is 9.25. The number of esters is 1. The minimum Gasteiger partial charge on any atom is -0.465 e. The van der Waals surface area contributed by atoms with E-state index in [1.807, 2.05) is 0 Å². The molecule has 5 nitrogen and oxygen atoms in total. The molecule has 5 heteroatoms. The predicted octanol–water partition coefficient (Wildman–Crippen LogP) is 7.50. The van der Waals surface area contributed by atoms with Crippen LogP contribution in [0.3, 0.4) is 0 Å². The Morgan fingerprint density at radius 3 is 1.58 bits per heavy atom. The van der Waals surface area contributed by atoms with Gasteiger partial charge in [-0.2, -0.15) is 0 Å². The van der Waals surface area contributed by atoms with Crippen molar-refractivity contribution >= 4 is 5.97 Å². The first-order valence-electron chi connectivity index (χ1n) is 14.1. The molecule has 0 aromatic heterocycles. The highest BCUT2D eigenvalue weighted by Crippen LogP contribution is 2.19. The lowest BCUT2D eigenvalue weighted by molar-refractivity contribution is -0.145. The number of carbonyl (C=O) groups is 1. The predicted molar refractivity (Wildman–Crippen MR) is 138 cm³/mol. The Labute approximate surface area is 205 Å². The van der Waals surface area contributed by atoms with Crippen molar-refractivity contribution in [3.63, 3.8) is 0 Å². The molecule has 0 aliphatic rings. The maximum absolute atomic E-state index is 12.1. The van der Waals surface area contributed by atoms with E-state index in [9.17, 15) is 4.79 Å². The molecular formula is C28H56O5. The zero-order chi connectivity index (χ0) is 24.2. The average molecular weight is 473 g/mol. The fourth-order valence-corrected chi connectivity index (χ4v) is 3.77. The van der Waals surface area contributed by atoms with Crippen LogP contribution >= 0.6 is 0 Å². The molecule has 198 valence electrons. The summed E-state index contributed by atoms with van der Waals surface area (Å²) in [5.41, 5.74) is 0. The van der Waals surface area contributed by atoms with Crippen molar-refractivity contribution in [2.75, 3.05) is 46.2 Å². The summed E-state index contributed by atoms with van der Waals surface area (Å²) in [7, 11) is 0. The number of hydrogen-bond donors (Lipinski definition) is 0. The van der Waals surface area contributed by atoms with Crippen molar-refractivity contribution in [3.05, 3.63) is 0 Å². The van der Waals surface area contributed by atoms with Crippen LogP contribution in [0.15, 0.2) is 0 Å². The Hall–Kier alpha value is -0.650. The molecule has 0 aliphatic carbocycles. The summed E-state index contributed by atoms with van der Waals surface area (Å²) >= 11 is 0. The van der Waals surface area contributed by atoms with E-state index in [1.165, 1.54) is 77.0 Å². The molecule has 1 unspecified atom stereocenters. The lowest BCUT2D eigenvalue weighted by atomic mass is 9.95. The number of unbranched alkanes of at least 4 members (excludes halogenated alkanes) is 9. The van der Waals surface area contributed by atoms with Crippen LogP contribution in [0.5, 0.6) is 0 Å². The van der Waals surface area contributed by atoms with Gasteiger partial charge in [0.15, 0.2) is 0 Å². The Morgan fingerprint density at radius 1 is 0.545 bits per heavy atom. The SMILES string of the molecule is CCCCCCCCC(CCCCCC)COC(=O)CCCOCCOCCOCCCC. The standard InChI is InChI=1S/C28H56O5/c1-4-7-10-12-13-15-18-27(17-14-11-8-5-2)26-33-28(29)19-16-21-31-23-25-32-24-22-30-20-9-6-3/h27H,4-26H2,1-3H3. The molecule has 0 aliphatic heterocycles. The molecule has 0 spiro atoms. The molecule has 33 heavy (non-hydrogen) atoms. The third-order valence-electron chi connectivity index (χ3n) is 5.97. The van der Waals surface area contributed by atoms with Crippen LogP contribution in [0.4, 0.5) is 0 Å². The van der Waals surface area contributed by atoms with Crippen LogP contribution in [0.1, 0.15) is 124 Å². The molecule has 1 atom stereocenters. The smallest absolute Gasteiger partial charge is 0.305 e. The van der Waals surface area contributed by atoms with Crippen molar-refractivity contribution in [2.24, 2.45) is 5.92 Å². The van der Waals surface area contributed by atoms with Gasteiger partial charge in [-0.3, -0.25) is 4.79 Å². The third kappa shape index (κ3) is 25.8. The highest BCUT2D eigenvalue weighted by molar-refractivity contribution is 5.69. The highest BCUT2D eigenvalue weighted by atomic mass is 16.5. The molecule has 0 fully saturated rings. The first-order valence-corrected chi connectivity index (χ1v) is 14.1. The highest BCUT2D eigenvalue weighted by Gasteiger charge is 2.12. The molecule has 0 radical (unpaired) electrons. The molecule has 0 aromatic rings.